The fourth-order valence-electron chi connectivity index (χ4n) is 2.21. The molecule has 0 aromatic heterocycles. The predicted octanol–water partition coefficient (Wildman–Crippen LogP) is 4.40. The standard InChI is InChI=1S/C14H32O3Si/c1-6-10-11-12-13-14(5)18(15-7-2,16-8-3)17-9-4/h14H,6-13H2,1-5H3. The van der Waals surface area contributed by atoms with Crippen LogP contribution in [-0.2, 0) is 13.3 Å². The molecule has 0 N–H and O–H groups in total. The molecule has 4 heteroatoms. The van der Waals surface area contributed by atoms with Crippen LogP contribution in [0.1, 0.15) is 66.7 Å². The molecular formula is C14H32O3Si. The quantitative estimate of drug-likeness (QED) is 0.391. The third kappa shape index (κ3) is 6.32. The Morgan fingerprint density at radius 2 is 1.28 bits per heavy atom. The van der Waals surface area contributed by atoms with E-state index in [9.17, 15) is 0 Å². The molecule has 0 bridgehead atoms. The van der Waals surface area contributed by atoms with Crippen LogP contribution in [0.5, 0.6) is 0 Å². The van der Waals surface area contributed by atoms with Crippen molar-refractivity contribution >= 4 is 8.80 Å². The van der Waals surface area contributed by atoms with Crippen molar-refractivity contribution in [1.29, 1.82) is 0 Å². The summed E-state index contributed by atoms with van der Waals surface area (Å²) >= 11 is 0. The molecule has 0 saturated carbocycles. The smallest absolute Gasteiger partial charge is 0.374 e. The Labute approximate surface area is 115 Å². The Morgan fingerprint density at radius 3 is 1.67 bits per heavy atom. The average molecular weight is 276 g/mol. The SMILES string of the molecule is CCCCCCC(C)[Si](OCC)(OCC)OCC. The van der Waals surface area contributed by atoms with Crippen molar-refractivity contribution in [3.63, 3.8) is 0 Å². The summed E-state index contributed by atoms with van der Waals surface area (Å²) in [5, 5.41) is 0. The van der Waals surface area contributed by atoms with Gasteiger partial charge in [-0.25, -0.2) is 0 Å². The van der Waals surface area contributed by atoms with E-state index in [1.165, 1.54) is 25.7 Å². The summed E-state index contributed by atoms with van der Waals surface area (Å²) in [4.78, 5) is 0. The topological polar surface area (TPSA) is 27.7 Å². The van der Waals surface area contributed by atoms with Crippen molar-refractivity contribution < 1.29 is 13.3 Å². The van der Waals surface area contributed by atoms with Gasteiger partial charge in [-0.15, -0.1) is 0 Å². The molecule has 18 heavy (non-hydrogen) atoms. The van der Waals surface area contributed by atoms with Gasteiger partial charge in [-0.1, -0.05) is 39.5 Å². The molecule has 0 fully saturated rings. The predicted molar refractivity (Wildman–Crippen MR) is 78.8 cm³/mol. The monoisotopic (exact) mass is 276 g/mol. The van der Waals surface area contributed by atoms with Gasteiger partial charge in [-0.3, -0.25) is 0 Å². The van der Waals surface area contributed by atoms with E-state index in [0.29, 0.717) is 25.4 Å². The highest BCUT2D eigenvalue weighted by Crippen LogP contribution is 2.30. The number of hydrogen-bond donors (Lipinski definition) is 0. The molecule has 0 heterocycles. The zero-order chi connectivity index (χ0) is 13.9. The van der Waals surface area contributed by atoms with E-state index in [1.54, 1.807) is 0 Å². The molecular weight excluding hydrogens is 244 g/mol. The number of unbranched alkanes of at least 4 members (excludes halogenated alkanes) is 3. The van der Waals surface area contributed by atoms with E-state index in [2.05, 4.69) is 13.8 Å². The first-order chi connectivity index (χ1) is 8.66. The van der Waals surface area contributed by atoms with E-state index < -0.39 is 8.80 Å². The first kappa shape index (κ1) is 18.1. The second-order valence-electron chi connectivity index (χ2n) is 4.65. The van der Waals surface area contributed by atoms with E-state index >= 15 is 0 Å². The number of hydrogen-bond acceptors (Lipinski definition) is 3. The lowest BCUT2D eigenvalue weighted by Gasteiger charge is -2.33. The maximum Gasteiger partial charge on any atom is 0.503 e. The van der Waals surface area contributed by atoms with Crippen LogP contribution in [0.15, 0.2) is 0 Å². The molecule has 0 rings (SSSR count). The average Bonchev–Trinajstić information content (AvgIpc) is 2.35. The van der Waals surface area contributed by atoms with Crippen molar-refractivity contribution in [3.8, 4) is 0 Å². The van der Waals surface area contributed by atoms with Gasteiger partial charge < -0.3 is 13.3 Å². The zero-order valence-electron chi connectivity index (χ0n) is 13.0. The molecule has 0 aliphatic carbocycles. The fourth-order valence-corrected chi connectivity index (χ4v) is 5.08. The van der Waals surface area contributed by atoms with Crippen molar-refractivity contribution in [2.75, 3.05) is 19.8 Å². The van der Waals surface area contributed by atoms with E-state index in [4.69, 9.17) is 13.3 Å². The van der Waals surface area contributed by atoms with Gasteiger partial charge in [0.1, 0.15) is 0 Å². The van der Waals surface area contributed by atoms with Crippen molar-refractivity contribution in [3.05, 3.63) is 0 Å². The van der Waals surface area contributed by atoms with Crippen LogP contribution >= 0.6 is 0 Å². The molecule has 0 aliphatic rings. The van der Waals surface area contributed by atoms with Crippen LogP contribution in [0.4, 0.5) is 0 Å². The summed E-state index contributed by atoms with van der Waals surface area (Å²) in [5.41, 5.74) is 0.397. The highest BCUT2D eigenvalue weighted by atomic mass is 28.4. The van der Waals surface area contributed by atoms with Crippen LogP contribution < -0.4 is 0 Å². The Balaban J connectivity index is 4.39. The Hall–Kier alpha value is 0.0969. The van der Waals surface area contributed by atoms with Gasteiger partial charge in [0, 0.05) is 25.4 Å². The van der Waals surface area contributed by atoms with Crippen molar-refractivity contribution in [2.24, 2.45) is 0 Å². The van der Waals surface area contributed by atoms with Gasteiger partial charge in [0.05, 0.1) is 0 Å². The summed E-state index contributed by atoms with van der Waals surface area (Å²) in [6, 6.07) is 0. The maximum absolute atomic E-state index is 5.92. The minimum absolute atomic E-state index is 0.397. The third-order valence-corrected chi connectivity index (χ3v) is 6.70. The molecule has 0 aromatic carbocycles. The largest absolute Gasteiger partial charge is 0.503 e. The molecule has 3 nitrogen and oxygen atoms in total. The first-order valence-corrected chi connectivity index (χ1v) is 9.38. The third-order valence-electron chi connectivity index (χ3n) is 3.13. The Bertz CT molecular complexity index is 171. The lowest BCUT2D eigenvalue weighted by Crippen LogP contribution is -2.49. The summed E-state index contributed by atoms with van der Waals surface area (Å²) in [6.07, 6.45) is 6.29. The molecule has 1 unspecified atom stereocenters. The minimum atomic E-state index is -2.46. The van der Waals surface area contributed by atoms with Crippen LogP contribution in [-0.4, -0.2) is 28.6 Å². The summed E-state index contributed by atoms with van der Waals surface area (Å²) in [7, 11) is -2.46. The molecule has 0 radical (unpaired) electrons. The van der Waals surface area contributed by atoms with E-state index in [-0.39, 0.29) is 0 Å². The zero-order valence-corrected chi connectivity index (χ0v) is 14.0. The van der Waals surface area contributed by atoms with Gasteiger partial charge in [-0.2, -0.15) is 0 Å². The number of rotatable bonds is 12. The lowest BCUT2D eigenvalue weighted by atomic mass is 10.1. The van der Waals surface area contributed by atoms with Crippen LogP contribution in [0.3, 0.4) is 0 Å². The van der Waals surface area contributed by atoms with E-state index in [0.717, 1.165) is 6.42 Å². The van der Waals surface area contributed by atoms with Gasteiger partial charge in [-0.05, 0) is 27.2 Å². The summed E-state index contributed by atoms with van der Waals surface area (Å²) in [5.74, 6) is 0. The normalized spacial score (nSPS) is 13.8. The molecule has 110 valence electrons. The highest BCUT2D eigenvalue weighted by Gasteiger charge is 2.46. The maximum atomic E-state index is 5.92. The van der Waals surface area contributed by atoms with Gasteiger partial charge in [0.15, 0.2) is 0 Å². The Kier molecular flexibility index (Phi) is 11.0. The molecule has 0 aliphatic heterocycles. The molecule has 1 atom stereocenters. The van der Waals surface area contributed by atoms with Crippen LogP contribution in [0, 0.1) is 0 Å². The molecule has 0 amide bonds. The van der Waals surface area contributed by atoms with Crippen molar-refractivity contribution in [2.45, 2.75) is 72.3 Å². The van der Waals surface area contributed by atoms with Crippen molar-refractivity contribution in [1.82, 2.24) is 0 Å². The fraction of sp³-hybridized carbons (Fsp3) is 1.00. The van der Waals surface area contributed by atoms with Crippen LogP contribution in [0.2, 0.25) is 5.54 Å². The highest BCUT2D eigenvalue weighted by molar-refractivity contribution is 6.62. The first-order valence-electron chi connectivity index (χ1n) is 7.58. The van der Waals surface area contributed by atoms with Gasteiger partial charge in [0.2, 0.25) is 0 Å². The molecule has 0 spiro atoms. The van der Waals surface area contributed by atoms with E-state index in [1.807, 2.05) is 20.8 Å². The minimum Gasteiger partial charge on any atom is -0.374 e. The Morgan fingerprint density at radius 1 is 0.778 bits per heavy atom. The van der Waals surface area contributed by atoms with Crippen LogP contribution in [0.25, 0.3) is 0 Å². The second kappa shape index (κ2) is 11.0. The van der Waals surface area contributed by atoms with Gasteiger partial charge in [0.25, 0.3) is 0 Å². The molecule has 0 saturated heterocycles. The second-order valence-corrected chi connectivity index (χ2v) is 7.71. The molecule has 0 aromatic rings. The lowest BCUT2D eigenvalue weighted by molar-refractivity contribution is 0.0612. The summed E-state index contributed by atoms with van der Waals surface area (Å²) in [6.45, 7) is 12.5. The summed E-state index contributed by atoms with van der Waals surface area (Å²) < 4.78 is 17.8. The van der Waals surface area contributed by atoms with Gasteiger partial charge >= 0.3 is 8.80 Å².